The Hall–Kier alpha value is -2.50. The number of ether oxygens (including phenoxy) is 1. The number of nitrogens with one attached hydrogen (secondary N) is 1. The van der Waals surface area contributed by atoms with Gasteiger partial charge in [-0.3, -0.25) is 4.79 Å². The second-order valence-electron chi connectivity index (χ2n) is 6.95. The van der Waals surface area contributed by atoms with Gasteiger partial charge in [0, 0.05) is 6.07 Å². The average Bonchev–Trinajstić information content (AvgIpc) is 2.61. The molecule has 0 spiro atoms. The molecule has 0 saturated carbocycles. The van der Waals surface area contributed by atoms with Crippen molar-refractivity contribution in [2.24, 2.45) is 5.92 Å². The number of hydrogen-bond acceptors (Lipinski definition) is 3. The Kier molecular flexibility index (Phi) is 10.8. The van der Waals surface area contributed by atoms with Gasteiger partial charge in [0.1, 0.15) is 24.3 Å². The van der Waals surface area contributed by atoms with E-state index in [-0.39, 0.29) is 19.4 Å². The summed E-state index contributed by atoms with van der Waals surface area (Å²) >= 11 is 0. The monoisotopic (exact) mass is 393 g/mol. The lowest BCUT2D eigenvalue weighted by atomic mass is 10.0. The fourth-order valence-corrected chi connectivity index (χ4v) is 2.48. The molecule has 0 aliphatic rings. The van der Waals surface area contributed by atoms with E-state index in [1.807, 2.05) is 0 Å². The summed E-state index contributed by atoms with van der Waals surface area (Å²) in [4.78, 5) is 24.4. The highest BCUT2D eigenvalue weighted by Gasteiger charge is 2.21. The molecule has 1 aromatic carbocycles. The van der Waals surface area contributed by atoms with Crippen LogP contribution in [0.4, 0.5) is 8.78 Å². The van der Waals surface area contributed by atoms with E-state index >= 15 is 0 Å². The molecule has 0 aliphatic heterocycles. The summed E-state index contributed by atoms with van der Waals surface area (Å²) in [5.74, 6) is -1.81. The SMILES string of the molecule is C/C=C\COC(=O)C(CCc1cc(F)cc(F)c1)NC(=O)/C=C/CCC(C)C. The first kappa shape index (κ1) is 23.5. The Bertz CT molecular complexity index is 679. The van der Waals surface area contributed by atoms with Gasteiger partial charge in [-0.15, -0.1) is 0 Å². The van der Waals surface area contributed by atoms with Crippen LogP contribution in [-0.4, -0.2) is 24.5 Å². The van der Waals surface area contributed by atoms with Gasteiger partial charge in [-0.1, -0.05) is 32.1 Å². The predicted molar refractivity (Wildman–Crippen MR) is 106 cm³/mol. The highest BCUT2D eigenvalue weighted by Crippen LogP contribution is 2.12. The van der Waals surface area contributed by atoms with Crippen LogP contribution in [0.15, 0.2) is 42.5 Å². The van der Waals surface area contributed by atoms with Crippen molar-refractivity contribution in [3.05, 3.63) is 59.7 Å². The number of rotatable bonds is 11. The van der Waals surface area contributed by atoms with E-state index in [1.54, 1.807) is 25.2 Å². The Balaban J connectivity index is 2.72. The van der Waals surface area contributed by atoms with Crippen molar-refractivity contribution in [1.82, 2.24) is 5.32 Å². The summed E-state index contributed by atoms with van der Waals surface area (Å²) in [6, 6.07) is 2.30. The van der Waals surface area contributed by atoms with Crippen molar-refractivity contribution < 1.29 is 23.1 Å². The van der Waals surface area contributed by atoms with Gasteiger partial charge >= 0.3 is 5.97 Å². The number of benzene rings is 1. The Morgan fingerprint density at radius 3 is 2.39 bits per heavy atom. The Morgan fingerprint density at radius 1 is 1.11 bits per heavy atom. The fraction of sp³-hybridized carbons (Fsp3) is 0.455. The largest absolute Gasteiger partial charge is 0.460 e. The molecule has 0 saturated heterocycles. The van der Waals surface area contributed by atoms with E-state index < -0.39 is 29.6 Å². The van der Waals surface area contributed by atoms with Gasteiger partial charge in [0.2, 0.25) is 5.91 Å². The molecule has 1 rings (SSSR count). The first-order valence-electron chi connectivity index (χ1n) is 9.51. The van der Waals surface area contributed by atoms with Crippen molar-refractivity contribution >= 4 is 11.9 Å². The minimum absolute atomic E-state index is 0.0977. The highest BCUT2D eigenvalue weighted by molar-refractivity contribution is 5.91. The van der Waals surface area contributed by atoms with Crippen LogP contribution in [0.3, 0.4) is 0 Å². The zero-order chi connectivity index (χ0) is 20.9. The number of allylic oxidation sites excluding steroid dienone is 2. The number of carbonyl (C=O) groups is 2. The van der Waals surface area contributed by atoms with Gasteiger partial charge < -0.3 is 10.1 Å². The smallest absolute Gasteiger partial charge is 0.328 e. The molecule has 1 atom stereocenters. The third kappa shape index (κ3) is 10.00. The molecule has 0 radical (unpaired) electrons. The number of esters is 1. The van der Waals surface area contributed by atoms with E-state index in [0.717, 1.165) is 18.9 Å². The van der Waals surface area contributed by atoms with Crippen molar-refractivity contribution in [2.75, 3.05) is 6.61 Å². The first-order valence-corrected chi connectivity index (χ1v) is 9.51. The van der Waals surface area contributed by atoms with Crippen LogP contribution in [0, 0.1) is 17.6 Å². The van der Waals surface area contributed by atoms with Crippen molar-refractivity contribution in [1.29, 1.82) is 0 Å². The van der Waals surface area contributed by atoms with E-state index in [9.17, 15) is 18.4 Å². The molecule has 0 fully saturated rings. The Labute approximate surface area is 165 Å². The minimum Gasteiger partial charge on any atom is -0.460 e. The van der Waals surface area contributed by atoms with Gasteiger partial charge in [0.05, 0.1) is 0 Å². The molecule has 0 aromatic heterocycles. The summed E-state index contributed by atoms with van der Waals surface area (Å²) in [7, 11) is 0. The van der Waals surface area contributed by atoms with Crippen LogP contribution in [0.5, 0.6) is 0 Å². The molecule has 0 aliphatic carbocycles. The van der Waals surface area contributed by atoms with E-state index in [0.29, 0.717) is 11.5 Å². The van der Waals surface area contributed by atoms with E-state index in [2.05, 4.69) is 19.2 Å². The average molecular weight is 393 g/mol. The van der Waals surface area contributed by atoms with Crippen LogP contribution >= 0.6 is 0 Å². The molecule has 28 heavy (non-hydrogen) atoms. The maximum absolute atomic E-state index is 13.3. The topological polar surface area (TPSA) is 55.4 Å². The molecule has 1 aromatic rings. The molecule has 1 unspecified atom stereocenters. The lowest BCUT2D eigenvalue weighted by Gasteiger charge is -2.16. The van der Waals surface area contributed by atoms with Gasteiger partial charge in [-0.05, 0) is 62.3 Å². The molecule has 6 heteroatoms. The molecule has 4 nitrogen and oxygen atoms in total. The van der Waals surface area contributed by atoms with Gasteiger partial charge in [-0.2, -0.15) is 0 Å². The summed E-state index contributed by atoms with van der Waals surface area (Å²) in [6.07, 6.45) is 8.70. The molecular weight excluding hydrogens is 364 g/mol. The molecule has 0 heterocycles. The number of halogens is 2. The Morgan fingerprint density at radius 2 is 1.79 bits per heavy atom. The zero-order valence-corrected chi connectivity index (χ0v) is 16.7. The van der Waals surface area contributed by atoms with Crippen LogP contribution < -0.4 is 5.32 Å². The maximum Gasteiger partial charge on any atom is 0.328 e. The van der Waals surface area contributed by atoms with Crippen molar-refractivity contribution in [3.8, 4) is 0 Å². The lowest BCUT2D eigenvalue weighted by molar-refractivity contribution is -0.146. The summed E-state index contributed by atoms with van der Waals surface area (Å²) in [5.41, 5.74) is 0.408. The summed E-state index contributed by atoms with van der Waals surface area (Å²) < 4.78 is 31.8. The number of carbonyl (C=O) groups excluding carboxylic acids is 2. The standard InChI is InChI=1S/C22H29F2NO3/c1-4-5-12-28-22(27)20(25-21(26)9-7-6-8-16(2)3)11-10-17-13-18(23)15-19(24)14-17/h4-5,7,9,13-16,20H,6,8,10-12H2,1-3H3,(H,25,26)/b5-4-,9-7+. The van der Waals surface area contributed by atoms with E-state index in [1.165, 1.54) is 18.2 Å². The van der Waals surface area contributed by atoms with Crippen LogP contribution in [0.25, 0.3) is 0 Å². The molecule has 1 N–H and O–H groups in total. The maximum atomic E-state index is 13.3. The van der Waals surface area contributed by atoms with Crippen molar-refractivity contribution in [3.63, 3.8) is 0 Å². The van der Waals surface area contributed by atoms with E-state index in [4.69, 9.17) is 4.74 Å². The summed E-state index contributed by atoms with van der Waals surface area (Å²) in [5, 5.41) is 2.62. The molecular formula is C22H29F2NO3. The summed E-state index contributed by atoms with van der Waals surface area (Å²) in [6.45, 7) is 6.09. The quantitative estimate of drug-likeness (QED) is 0.342. The number of amides is 1. The second-order valence-corrected chi connectivity index (χ2v) is 6.95. The van der Waals surface area contributed by atoms with Crippen LogP contribution in [0.1, 0.15) is 45.6 Å². The molecule has 154 valence electrons. The number of aryl methyl sites for hydroxylation is 1. The van der Waals surface area contributed by atoms with Gasteiger partial charge in [-0.25, -0.2) is 13.6 Å². The zero-order valence-electron chi connectivity index (χ0n) is 16.7. The third-order valence-corrected chi connectivity index (χ3v) is 3.98. The minimum atomic E-state index is -0.904. The van der Waals surface area contributed by atoms with Crippen LogP contribution in [-0.2, 0) is 20.7 Å². The number of hydrogen-bond donors (Lipinski definition) is 1. The normalized spacial score (nSPS) is 12.6. The third-order valence-electron chi connectivity index (χ3n) is 3.98. The van der Waals surface area contributed by atoms with Gasteiger partial charge in [0.25, 0.3) is 0 Å². The van der Waals surface area contributed by atoms with Crippen molar-refractivity contribution in [2.45, 2.75) is 52.5 Å². The second kappa shape index (κ2) is 12.8. The molecule has 0 bridgehead atoms. The molecule has 1 amide bonds. The first-order chi connectivity index (χ1) is 13.3. The van der Waals surface area contributed by atoms with Gasteiger partial charge in [0.15, 0.2) is 0 Å². The highest BCUT2D eigenvalue weighted by atomic mass is 19.1. The lowest BCUT2D eigenvalue weighted by Crippen LogP contribution is -2.41. The fourth-order valence-electron chi connectivity index (χ4n) is 2.48. The van der Waals surface area contributed by atoms with Crippen LogP contribution in [0.2, 0.25) is 0 Å². The predicted octanol–water partition coefficient (Wildman–Crippen LogP) is 4.49.